The van der Waals surface area contributed by atoms with Crippen LogP contribution < -0.4 is 5.32 Å². The van der Waals surface area contributed by atoms with Crippen LogP contribution in [-0.4, -0.2) is 107 Å². The van der Waals surface area contributed by atoms with E-state index < -0.39 is 0 Å². The van der Waals surface area contributed by atoms with E-state index in [2.05, 4.69) is 78.3 Å². The highest BCUT2D eigenvalue weighted by atomic mass is 17.2. The third-order valence-electron chi connectivity index (χ3n) is 13.6. The molecule has 0 saturated carbocycles. The average molecular weight is 1050 g/mol. The molecule has 0 aliphatic carbocycles. The Balaban J connectivity index is -0.0000000940. The zero-order valence-corrected chi connectivity index (χ0v) is 46.3. The van der Waals surface area contributed by atoms with Crippen LogP contribution in [0.4, 0.5) is 0 Å². The summed E-state index contributed by atoms with van der Waals surface area (Å²) in [6, 6.07) is 0. The predicted octanol–water partition coefficient (Wildman–Crippen LogP) is 21.7. The highest BCUT2D eigenvalue weighted by Crippen LogP contribution is 2.18. The summed E-state index contributed by atoms with van der Waals surface area (Å²) in [7, 11) is 1.52. The number of nitrogens with one attached hydrogen (secondary N) is 1. The molecule has 458 valence electrons. The van der Waals surface area contributed by atoms with E-state index in [1.807, 2.05) is 6.79 Å². The van der Waals surface area contributed by atoms with Crippen LogP contribution in [0, 0.1) is 5.92 Å². The lowest BCUT2D eigenvalue weighted by Gasteiger charge is -2.27. The fourth-order valence-electron chi connectivity index (χ4n) is 8.96. The number of likely N-dealkylation sites (N-methyl/N-ethyl adjacent to an activating group) is 1. The van der Waals surface area contributed by atoms with Gasteiger partial charge in [-0.25, -0.2) is 9.78 Å². The van der Waals surface area contributed by atoms with Gasteiger partial charge in [0.1, 0.15) is 6.79 Å². The van der Waals surface area contributed by atoms with E-state index in [4.69, 9.17) is 4.79 Å². The first-order valence-electron chi connectivity index (χ1n) is 29.4. The van der Waals surface area contributed by atoms with Gasteiger partial charge in [0.2, 0.25) is 0 Å². The Labute approximate surface area is 470 Å². The molecule has 1 aliphatic rings. The van der Waals surface area contributed by atoms with Crippen molar-refractivity contribution in [3.05, 3.63) is 0 Å². The molecule has 0 bridgehead atoms. The fourth-order valence-corrected chi connectivity index (χ4v) is 8.96. The molecular formula is C66H156N4O3. The van der Waals surface area contributed by atoms with Crippen molar-refractivity contribution < 1.29 is 14.6 Å². The summed E-state index contributed by atoms with van der Waals surface area (Å²) in [5, 5.41) is 3.49. The molecule has 0 unspecified atom stereocenters. The molecule has 0 spiro atoms. The SMILES string of the molecule is C.C.C.C.C.C.C.C.C=O.CCCCCCCCCN(CC)CCN(CCCCCCCCC)CCCCCCCCC.CCCCCCCCCN(CCCCC)CCC1CCNCC1.CCCCOOC. The molecule has 1 aliphatic heterocycles. The van der Waals surface area contributed by atoms with E-state index in [-0.39, 0.29) is 59.4 Å². The second-order valence-corrected chi connectivity index (χ2v) is 19.6. The van der Waals surface area contributed by atoms with Gasteiger partial charge in [-0.1, -0.05) is 281 Å². The van der Waals surface area contributed by atoms with Crippen molar-refractivity contribution in [3.8, 4) is 0 Å². The van der Waals surface area contributed by atoms with Crippen molar-refractivity contribution in [2.75, 3.05) is 85.7 Å². The molecule has 7 heteroatoms. The van der Waals surface area contributed by atoms with Crippen LogP contribution in [-0.2, 0) is 14.6 Å². The Kier molecular flexibility index (Phi) is 122. The van der Waals surface area contributed by atoms with Crippen LogP contribution in [0.2, 0.25) is 0 Å². The van der Waals surface area contributed by atoms with E-state index in [1.54, 1.807) is 0 Å². The van der Waals surface area contributed by atoms with E-state index in [9.17, 15) is 0 Å². The van der Waals surface area contributed by atoms with Gasteiger partial charge in [0.25, 0.3) is 0 Å². The van der Waals surface area contributed by atoms with Crippen LogP contribution in [0.15, 0.2) is 0 Å². The quantitative estimate of drug-likeness (QED) is 0.0370. The maximum atomic E-state index is 8.00. The molecule has 1 rings (SSSR count). The number of carbonyl (C=O) groups is 1. The highest BCUT2D eigenvalue weighted by molar-refractivity contribution is 5.11. The Morgan fingerprint density at radius 2 is 0.616 bits per heavy atom. The van der Waals surface area contributed by atoms with Gasteiger partial charge < -0.3 is 24.8 Å². The third kappa shape index (κ3) is 82.9. The van der Waals surface area contributed by atoms with Gasteiger partial charge in [0.05, 0.1) is 13.7 Å². The second-order valence-electron chi connectivity index (χ2n) is 19.6. The average Bonchev–Trinajstić information content (AvgIpc) is 3.34. The van der Waals surface area contributed by atoms with E-state index in [0.717, 1.165) is 18.8 Å². The number of unbranched alkanes of at least 4 members (excludes halogenated alkanes) is 27. The van der Waals surface area contributed by atoms with E-state index >= 15 is 0 Å². The van der Waals surface area contributed by atoms with Crippen molar-refractivity contribution in [2.45, 2.75) is 339 Å². The number of piperidine rings is 1. The number of hydrogen-bond acceptors (Lipinski definition) is 7. The Morgan fingerprint density at radius 3 is 0.932 bits per heavy atom. The summed E-state index contributed by atoms with van der Waals surface area (Å²) in [5.74, 6) is 0.985. The van der Waals surface area contributed by atoms with Gasteiger partial charge >= 0.3 is 0 Å². The standard InChI is InChI=1S/C31H66N2.C21H44N2.C5H12O2.CH2O.8CH4/c1-5-9-12-15-18-21-24-27-32(8-4)30-31-33(28-25-22-19-16-13-10-6-2)29-26-23-20-17-14-11-7-3;1-3-5-7-8-9-10-12-19-23(18-11-6-4-2)20-15-21-13-16-22-17-14-21;1-3-4-5-7-6-2;1-2;;;;;;;;/h5-31H2,1-4H3;21-22H,3-20H2,1-2H3;3-5H2,1-2H3;1H2;8*1H4. The Hall–Kier alpha value is -0.570. The van der Waals surface area contributed by atoms with Gasteiger partial charge in [0.15, 0.2) is 0 Å². The van der Waals surface area contributed by atoms with Gasteiger partial charge in [-0.15, -0.1) is 0 Å². The molecule has 1 fully saturated rings. The van der Waals surface area contributed by atoms with Crippen LogP contribution >= 0.6 is 0 Å². The normalized spacial score (nSPS) is 11.4. The molecule has 1 N–H and O–H groups in total. The first-order chi connectivity index (χ1) is 32.1. The first-order valence-corrected chi connectivity index (χ1v) is 29.4. The van der Waals surface area contributed by atoms with Gasteiger partial charge in [-0.3, -0.25) is 0 Å². The molecule has 1 heterocycles. The molecule has 73 heavy (non-hydrogen) atoms. The second kappa shape index (κ2) is 90.9. The summed E-state index contributed by atoms with van der Waals surface area (Å²) < 4.78 is 0. The number of rotatable bonds is 47. The first kappa shape index (κ1) is 97.9. The van der Waals surface area contributed by atoms with Crippen molar-refractivity contribution >= 4 is 6.79 Å². The van der Waals surface area contributed by atoms with Gasteiger partial charge in [-0.2, -0.15) is 0 Å². The lowest BCUT2D eigenvalue weighted by Crippen LogP contribution is -2.36. The molecule has 0 atom stereocenters. The largest absolute Gasteiger partial charge is 0.317 e. The minimum absolute atomic E-state index is 0. The van der Waals surface area contributed by atoms with Gasteiger partial charge in [-0.05, 0) is 123 Å². The molecular weight excluding hydrogens is 897 g/mol. The summed E-state index contributed by atoms with van der Waals surface area (Å²) in [4.78, 5) is 25.2. The maximum Gasteiger partial charge on any atom is 0.106 e. The molecule has 0 aromatic heterocycles. The van der Waals surface area contributed by atoms with Crippen molar-refractivity contribution in [2.24, 2.45) is 5.92 Å². The molecule has 0 amide bonds. The monoisotopic (exact) mass is 1050 g/mol. The highest BCUT2D eigenvalue weighted by Gasteiger charge is 2.15. The van der Waals surface area contributed by atoms with Crippen LogP contribution in [0.3, 0.4) is 0 Å². The Bertz CT molecular complexity index is 780. The third-order valence-corrected chi connectivity index (χ3v) is 13.6. The minimum Gasteiger partial charge on any atom is -0.317 e. The van der Waals surface area contributed by atoms with E-state index in [1.165, 1.54) is 297 Å². The lowest BCUT2D eigenvalue weighted by atomic mass is 9.94. The minimum atomic E-state index is 0. The predicted molar refractivity (Wildman–Crippen MR) is 346 cm³/mol. The number of hydrogen-bond donors (Lipinski definition) is 1. The van der Waals surface area contributed by atoms with Crippen LogP contribution in [0.1, 0.15) is 339 Å². The zero-order valence-electron chi connectivity index (χ0n) is 46.3. The zero-order chi connectivity index (χ0) is 48.4. The molecule has 0 aromatic carbocycles. The van der Waals surface area contributed by atoms with Crippen molar-refractivity contribution in [1.82, 2.24) is 20.0 Å². The summed E-state index contributed by atoms with van der Waals surface area (Å²) in [5.41, 5.74) is 0. The van der Waals surface area contributed by atoms with Crippen molar-refractivity contribution in [3.63, 3.8) is 0 Å². The topological polar surface area (TPSA) is 57.3 Å². The fraction of sp³-hybridized carbons (Fsp3) is 0.985. The van der Waals surface area contributed by atoms with Crippen molar-refractivity contribution in [1.29, 1.82) is 0 Å². The molecule has 0 radical (unpaired) electrons. The smallest absolute Gasteiger partial charge is 0.106 e. The van der Waals surface area contributed by atoms with Crippen LogP contribution in [0.25, 0.3) is 0 Å². The molecule has 0 aromatic rings. The molecule has 1 saturated heterocycles. The molecule has 7 nitrogen and oxygen atoms in total. The Morgan fingerprint density at radius 1 is 0.356 bits per heavy atom. The number of nitrogens with zero attached hydrogens (tertiary/aromatic N) is 3. The maximum absolute atomic E-state index is 8.00. The summed E-state index contributed by atoms with van der Waals surface area (Å²) >= 11 is 0. The summed E-state index contributed by atoms with van der Waals surface area (Å²) in [6.07, 6.45) is 50.6. The van der Waals surface area contributed by atoms with Gasteiger partial charge in [0, 0.05) is 13.1 Å². The van der Waals surface area contributed by atoms with E-state index in [0.29, 0.717) is 6.61 Å². The lowest BCUT2D eigenvalue weighted by molar-refractivity contribution is -0.272. The summed E-state index contributed by atoms with van der Waals surface area (Å²) in [6.45, 7) is 33.0. The number of carbonyl (C=O) groups excluding carboxylic acids is 1. The van der Waals surface area contributed by atoms with Crippen LogP contribution in [0.5, 0.6) is 0 Å².